The van der Waals surface area contributed by atoms with Crippen molar-refractivity contribution in [2.45, 2.75) is 13.8 Å². The van der Waals surface area contributed by atoms with Crippen LogP contribution in [0.5, 0.6) is 0 Å². The number of hydrogen-bond acceptors (Lipinski definition) is 4. The maximum absolute atomic E-state index is 9.91. The number of rotatable bonds is 3. The van der Waals surface area contributed by atoms with E-state index in [1.54, 1.807) is 0 Å². The SMILES string of the molecule is Cc1nc(C)c(NNC=O)s1. The minimum absolute atomic E-state index is 0.592. The third-order valence-electron chi connectivity index (χ3n) is 1.15. The first kappa shape index (κ1) is 8.00. The fraction of sp³-hybridized carbons (Fsp3) is 0.333. The van der Waals surface area contributed by atoms with Crippen LogP contribution in [0.4, 0.5) is 5.00 Å². The van der Waals surface area contributed by atoms with Crippen molar-refractivity contribution in [2.24, 2.45) is 0 Å². The number of hydrazine groups is 1. The van der Waals surface area contributed by atoms with Crippen molar-refractivity contribution in [1.82, 2.24) is 10.4 Å². The summed E-state index contributed by atoms with van der Waals surface area (Å²) in [6.45, 7) is 3.81. The summed E-state index contributed by atoms with van der Waals surface area (Å²) < 4.78 is 0. The number of nitrogens with zero attached hydrogens (tertiary/aromatic N) is 1. The molecule has 1 aromatic rings. The lowest BCUT2D eigenvalue weighted by atomic mass is 10.5. The van der Waals surface area contributed by atoms with E-state index in [0.717, 1.165) is 15.7 Å². The van der Waals surface area contributed by atoms with Gasteiger partial charge in [-0.25, -0.2) is 4.98 Å². The average molecular weight is 171 g/mol. The van der Waals surface area contributed by atoms with Crippen molar-refractivity contribution < 1.29 is 4.79 Å². The first-order chi connectivity index (χ1) is 5.24. The van der Waals surface area contributed by atoms with Crippen molar-refractivity contribution >= 4 is 22.7 Å². The lowest BCUT2D eigenvalue weighted by molar-refractivity contribution is -0.109. The van der Waals surface area contributed by atoms with Crippen LogP contribution in [0.1, 0.15) is 10.7 Å². The Kier molecular flexibility index (Phi) is 2.43. The van der Waals surface area contributed by atoms with E-state index < -0.39 is 0 Å². The number of aromatic nitrogens is 1. The van der Waals surface area contributed by atoms with Gasteiger partial charge in [0.1, 0.15) is 5.00 Å². The molecule has 11 heavy (non-hydrogen) atoms. The van der Waals surface area contributed by atoms with E-state index in [-0.39, 0.29) is 0 Å². The molecule has 0 fully saturated rings. The number of nitrogens with one attached hydrogen (secondary N) is 2. The van der Waals surface area contributed by atoms with Crippen LogP contribution in [-0.2, 0) is 4.79 Å². The van der Waals surface area contributed by atoms with E-state index in [9.17, 15) is 4.79 Å². The van der Waals surface area contributed by atoms with Crippen LogP contribution < -0.4 is 10.9 Å². The Morgan fingerprint density at radius 3 is 2.73 bits per heavy atom. The molecule has 0 aliphatic carbocycles. The fourth-order valence-electron chi connectivity index (χ4n) is 0.742. The molecule has 0 saturated heterocycles. The maximum atomic E-state index is 9.91. The molecule has 0 aliphatic heterocycles. The Morgan fingerprint density at radius 2 is 2.27 bits per heavy atom. The predicted molar refractivity (Wildman–Crippen MR) is 44.4 cm³/mol. The van der Waals surface area contributed by atoms with Crippen LogP contribution in [0.3, 0.4) is 0 Å². The van der Waals surface area contributed by atoms with Gasteiger partial charge in [0.15, 0.2) is 0 Å². The van der Waals surface area contributed by atoms with Gasteiger partial charge in [0.25, 0.3) is 0 Å². The Balaban J connectivity index is 2.69. The van der Waals surface area contributed by atoms with Crippen LogP contribution in [-0.4, -0.2) is 11.4 Å². The maximum Gasteiger partial charge on any atom is 0.225 e. The first-order valence-corrected chi connectivity index (χ1v) is 3.95. The number of hydrogen-bond donors (Lipinski definition) is 2. The van der Waals surface area contributed by atoms with Crippen LogP contribution in [0.2, 0.25) is 0 Å². The molecule has 1 aromatic heterocycles. The van der Waals surface area contributed by atoms with Crippen molar-refractivity contribution in [1.29, 1.82) is 0 Å². The van der Waals surface area contributed by atoms with Crippen LogP contribution in [0, 0.1) is 13.8 Å². The summed E-state index contributed by atoms with van der Waals surface area (Å²) in [5, 5.41) is 1.87. The van der Waals surface area contributed by atoms with Gasteiger partial charge in [-0.3, -0.25) is 15.6 Å². The monoisotopic (exact) mass is 171 g/mol. The molecule has 5 heteroatoms. The van der Waals surface area contributed by atoms with Gasteiger partial charge in [-0.05, 0) is 13.8 Å². The van der Waals surface area contributed by atoms with Crippen molar-refractivity contribution in [2.75, 3.05) is 5.43 Å². The number of amides is 1. The predicted octanol–water partition coefficient (Wildman–Crippen LogP) is 0.833. The Labute approximate surface area is 68.6 Å². The van der Waals surface area contributed by atoms with Gasteiger partial charge >= 0.3 is 0 Å². The molecule has 4 nitrogen and oxygen atoms in total. The quantitative estimate of drug-likeness (QED) is 0.523. The highest BCUT2D eigenvalue weighted by Gasteiger charge is 2.01. The van der Waals surface area contributed by atoms with E-state index in [4.69, 9.17) is 0 Å². The van der Waals surface area contributed by atoms with Gasteiger partial charge in [-0.15, -0.1) is 11.3 Å². The molecule has 2 N–H and O–H groups in total. The second-order valence-corrected chi connectivity index (χ2v) is 3.24. The van der Waals surface area contributed by atoms with E-state index in [1.165, 1.54) is 11.3 Å². The molecule has 0 bridgehead atoms. The highest BCUT2D eigenvalue weighted by atomic mass is 32.1. The zero-order valence-electron chi connectivity index (χ0n) is 6.34. The van der Waals surface area contributed by atoms with E-state index in [0.29, 0.717) is 6.41 Å². The molecule has 0 aliphatic rings. The average Bonchev–Trinajstić information content (AvgIpc) is 2.26. The van der Waals surface area contributed by atoms with Gasteiger partial charge in [-0.1, -0.05) is 0 Å². The minimum Gasteiger partial charge on any atom is -0.288 e. The van der Waals surface area contributed by atoms with Gasteiger partial charge in [0, 0.05) is 0 Å². The second-order valence-electron chi connectivity index (χ2n) is 2.03. The standard InChI is InChI=1S/C6H9N3OS/c1-4-6(9-7-3-10)11-5(2)8-4/h3,9H,1-2H3,(H,7,10). The second kappa shape index (κ2) is 3.34. The smallest absolute Gasteiger partial charge is 0.225 e. The van der Waals surface area contributed by atoms with Gasteiger partial charge in [-0.2, -0.15) is 0 Å². The highest BCUT2D eigenvalue weighted by molar-refractivity contribution is 7.15. The first-order valence-electron chi connectivity index (χ1n) is 3.13. The molecule has 0 unspecified atom stereocenters. The lowest BCUT2D eigenvalue weighted by Crippen LogP contribution is -2.18. The van der Waals surface area contributed by atoms with Gasteiger partial charge < -0.3 is 0 Å². The van der Waals surface area contributed by atoms with Gasteiger partial charge in [0.2, 0.25) is 6.41 Å². The third kappa shape index (κ3) is 1.91. The topological polar surface area (TPSA) is 54.0 Å². The summed E-state index contributed by atoms with van der Waals surface area (Å²) in [5.74, 6) is 0. The van der Waals surface area contributed by atoms with Crippen LogP contribution in [0.25, 0.3) is 0 Å². The number of carbonyl (C=O) groups excluding carboxylic acids is 1. The molecule has 0 atom stereocenters. The molecule has 0 aromatic carbocycles. The molecule has 0 spiro atoms. The fourth-order valence-corrected chi connectivity index (χ4v) is 1.52. The number of anilines is 1. The highest BCUT2D eigenvalue weighted by Crippen LogP contribution is 2.21. The number of thiazole rings is 1. The van der Waals surface area contributed by atoms with Crippen molar-refractivity contribution in [3.05, 3.63) is 10.7 Å². The summed E-state index contributed by atoms with van der Waals surface area (Å²) in [7, 11) is 0. The lowest BCUT2D eigenvalue weighted by Gasteiger charge is -1.98. The summed E-state index contributed by atoms with van der Waals surface area (Å²) >= 11 is 1.51. The van der Waals surface area contributed by atoms with Crippen molar-refractivity contribution in [3.63, 3.8) is 0 Å². The Morgan fingerprint density at radius 1 is 1.55 bits per heavy atom. The summed E-state index contributed by atoms with van der Waals surface area (Å²) in [6, 6.07) is 0. The summed E-state index contributed by atoms with van der Waals surface area (Å²) in [5.41, 5.74) is 5.98. The third-order valence-corrected chi connectivity index (χ3v) is 2.14. The molecule has 1 rings (SSSR count). The molecular weight excluding hydrogens is 162 g/mol. The molecule has 60 valence electrons. The molecule has 0 radical (unpaired) electrons. The molecule has 0 saturated carbocycles. The number of aryl methyl sites for hydroxylation is 2. The Hall–Kier alpha value is -1.10. The van der Waals surface area contributed by atoms with E-state index >= 15 is 0 Å². The normalized spacial score (nSPS) is 9.27. The van der Waals surface area contributed by atoms with Gasteiger partial charge in [0.05, 0.1) is 10.7 Å². The van der Waals surface area contributed by atoms with E-state index in [2.05, 4.69) is 15.8 Å². The zero-order chi connectivity index (χ0) is 8.27. The van der Waals surface area contributed by atoms with Crippen molar-refractivity contribution in [3.8, 4) is 0 Å². The van der Waals surface area contributed by atoms with E-state index in [1.807, 2.05) is 13.8 Å². The molecule has 1 heterocycles. The Bertz CT molecular complexity index is 258. The van der Waals surface area contributed by atoms with Crippen LogP contribution >= 0.6 is 11.3 Å². The summed E-state index contributed by atoms with van der Waals surface area (Å²) in [6.07, 6.45) is 0.592. The number of carbonyl (C=O) groups is 1. The minimum atomic E-state index is 0.592. The molecular formula is C6H9N3OS. The van der Waals surface area contributed by atoms with Crippen LogP contribution in [0.15, 0.2) is 0 Å². The largest absolute Gasteiger partial charge is 0.288 e. The zero-order valence-corrected chi connectivity index (χ0v) is 7.16. The summed E-state index contributed by atoms with van der Waals surface area (Å²) in [4.78, 5) is 14.1. The molecule has 1 amide bonds.